The number of nitrogens with one attached hydrogen (secondary N) is 1. The molecule has 2 aliphatic rings. The largest absolute Gasteiger partial charge is 0.367 e. The van der Waals surface area contributed by atoms with E-state index in [4.69, 9.17) is 0 Å². The smallest absolute Gasteiger partial charge is 0.253 e. The maximum absolute atomic E-state index is 12.8. The van der Waals surface area contributed by atoms with Gasteiger partial charge in [-0.15, -0.1) is 0 Å². The number of aromatic nitrogens is 2. The Hall–Kier alpha value is -3.29. The average Bonchev–Trinajstić information content (AvgIpc) is 2.91. The van der Waals surface area contributed by atoms with Gasteiger partial charge in [0.1, 0.15) is 12.1 Å². The van der Waals surface area contributed by atoms with Gasteiger partial charge in [-0.25, -0.2) is 9.97 Å². The standard InChI is InChI=1S/C28H34N6O/c1-32-15-17-34(18-16-32)28(35)24-9-7-23(8-10-24)26-19-27(30-21-29-26)31-25-11-13-33(14-12-25)20-22-5-3-2-4-6-22/h2-10,19,21,25H,11-18,20H2,1H3,(H,29,30,31). The lowest BCUT2D eigenvalue weighted by molar-refractivity contribution is 0.0664. The predicted octanol–water partition coefficient (Wildman–Crippen LogP) is 3.61. The molecule has 182 valence electrons. The summed E-state index contributed by atoms with van der Waals surface area (Å²) in [5, 5.41) is 3.61. The van der Waals surface area contributed by atoms with Crippen molar-refractivity contribution in [3.8, 4) is 11.3 Å². The van der Waals surface area contributed by atoms with E-state index in [1.165, 1.54) is 5.56 Å². The number of hydrogen-bond acceptors (Lipinski definition) is 6. The van der Waals surface area contributed by atoms with Gasteiger partial charge in [-0.2, -0.15) is 0 Å². The van der Waals surface area contributed by atoms with E-state index in [1.807, 2.05) is 35.2 Å². The molecule has 2 aliphatic heterocycles. The van der Waals surface area contributed by atoms with E-state index in [9.17, 15) is 4.79 Å². The number of amides is 1. The van der Waals surface area contributed by atoms with Crippen molar-refractivity contribution in [2.24, 2.45) is 0 Å². The first-order valence-corrected chi connectivity index (χ1v) is 12.6. The highest BCUT2D eigenvalue weighted by atomic mass is 16.2. The van der Waals surface area contributed by atoms with E-state index in [1.54, 1.807) is 6.33 Å². The second-order valence-corrected chi connectivity index (χ2v) is 9.64. The van der Waals surface area contributed by atoms with Crippen molar-refractivity contribution >= 4 is 11.7 Å². The molecule has 0 unspecified atom stereocenters. The summed E-state index contributed by atoms with van der Waals surface area (Å²) in [6.45, 7) is 6.57. The number of anilines is 1. The zero-order valence-electron chi connectivity index (χ0n) is 20.4. The van der Waals surface area contributed by atoms with Crippen LogP contribution in [0, 0.1) is 0 Å². The fourth-order valence-electron chi connectivity index (χ4n) is 4.86. The maximum Gasteiger partial charge on any atom is 0.253 e. The number of benzene rings is 2. The SMILES string of the molecule is CN1CCN(C(=O)c2ccc(-c3cc(NC4CCN(Cc5ccccc5)CC4)ncn3)cc2)CC1. The number of likely N-dealkylation sites (tertiary alicyclic amines) is 1. The quantitative estimate of drug-likeness (QED) is 0.594. The third-order valence-electron chi connectivity index (χ3n) is 7.07. The molecule has 35 heavy (non-hydrogen) atoms. The van der Waals surface area contributed by atoms with E-state index < -0.39 is 0 Å². The van der Waals surface area contributed by atoms with Gasteiger partial charge >= 0.3 is 0 Å². The molecule has 1 aromatic heterocycles. The highest BCUT2D eigenvalue weighted by Gasteiger charge is 2.21. The third kappa shape index (κ3) is 6.05. The van der Waals surface area contributed by atoms with Crippen LogP contribution in [0.4, 0.5) is 5.82 Å². The number of rotatable bonds is 6. The number of piperidine rings is 1. The zero-order chi connectivity index (χ0) is 24.0. The first-order chi connectivity index (χ1) is 17.1. The number of piperazine rings is 1. The Labute approximate surface area is 207 Å². The fraction of sp³-hybridized carbons (Fsp3) is 0.393. The summed E-state index contributed by atoms with van der Waals surface area (Å²) in [5.41, 5.74) is 3.95. The Morgan fingerprint density at radius 3 is 2.34 bits per heavy atom. The van der Waals surface area contributed by atoms with E-state index in [0.29, 0.717) is 6.04 Å². The molecule has 0 saturated carbocycles. The monoisotopic (exact) mass is 470 g/mol. The molecule has 0 bridgehead atoms. The maximum atomic E-state index is 12.8. The molecule has 2 fully saturated rings. The van der Waals surface area contributed by atoms with Gasteiger partial charge in [-0.1, -0.05) is 42.5 Å². The van der Waals surface area contributed by atoms with E-state index in [2.05, 4.69) is 62.5 Å². The average molecular weight is 471 g/mol. The van der Waals surface area contributed by atoms with Crippen LogP contribution in [0.3, 0.4) is 0 Å². The fourth-order valence-corrected chi connectivity index (χ4v) is 4.86. The van der Waals surface area contributed by atoms with Crippen molar-refractivity contribution in [1.29, 1.82) is 0 Å². The highest BCUT2D eigenvalue weighted by Crippen LogP contribution is 2.22. The molecule has 1 N–H and O–H groups in total. The van der Waals surface area contributed by atoms with Crippen molar-refractivity contribution < 1.29 is 4.79 Å². The van der Waals surface area contributed by atoms with Crippen LogP contribution < -0.4 is 5.32 Å². The Morgan fingerprint density at radius 1 is 0.914 bits per heavy atom. The van der Waals surface area contributed by atoms with Gasteiger partial charge in [-0.05, 0) is 37.6 Å². The van der Waals surface area contributed by atoms with Gasteiger partial charge in [0.25, 0.3) is 5.91 Å². The molecular weight excluding hydrogens is 436 g/mol. The highest BCUT2D eigenvalue weighted by molar-refractivity contribution is 5.94. The minimum Gasteiger partial charge on any atom is -0.367 e. The summed E-state index contributed by atoms with van der Waals surface area (Å²) in [4.78, 5) is 28.5. The molecule has 3 aromatic rings. The molecule has 7 nitrogen and oxygen atoms in total. The Balaban J connectivity index is 1.16. The van der Waals surface area contributed by atoms with E-state index in [-0.39, 0.29) is 5.91 Å². The lowest BCUT2D eigenvalue weighted by Crippen LogP contribution is -2.47. The molecule has 2 saturated heterocycles. The van der Waals surface area contributed by atoms with Gasteiger partial charge in [0.05, 0.1) is 5.69 Å². The first-order valence-electron chi connectivity index (χ1n) is 12.6. The Bertz CT molecular complexity index is 1100. The van der Waals surface area contributed by atoms with Gasteiger partial charge in [-0.3, -0.25) is 9.69 Å². The number of likely N-dealkylation sites (N-methyl/N-ethyl adjacent to an activating group) is 1. The van der Waals surface area contributed by atoms with Crippen molar-refractivity contribution in [1.82, 2.24) is 24.7 Å². The molecule has 0 atom stereocenters. The van der Waals surface area contributed by atoms with Crippen LogP contribution in [0.2, 0.25) is 0 Å². The minimum atomic E-state index is 0.105. The van der Waals surface area contributed by atoms with Gasteiger partial charge < -0.3 is 15.1 Å². The van der Waals surface area contributed by atoms with Gasteiger partial charge in [0.2, 0.25) is 0 Å². The zero-order valence-corrected chi connectivity index (χ0v) is 20.4. The van der Waals surface area contributed by atoms with Crippen molar-refractivity contribution in [3.63, 3.8) is 0 Å². The van der Waals surface area contributed by atoms with E-state index >= 15 is 0 Å². The Kier molecular flexibility index (Phi) is 7.35. The second-order valence-electron chi connectivity index (χ2n) is 9.64. The number of carbonyl (C=O) groups is 1. The molecule has 0 aliphatic carbocycles. The molecule has 7 heteroatoms. The molecule has 0 spiro atoms. The van der Waals surface area contributed by atoms with Crippen LogP contribution in [0.25, 0.3) is 11.3 Å². The van der Waals surface area contributed by atoms with Crippen molar-refractivity contribution in [2.45, 2.75) is 25.4 Å². The van der Waals surface area contributed by atoms with Gasteiger partial charge in [0.15, 0.2) is 0 Å². The lowest BCUT2D eigenvalue weighted by atomic mass is 10.0. The van der Waals surface area contributed by atoms with Crippen LogP contribution in [0.15, 0.2) is 67.0 Å². The number of nitrogens with zero attached hydrogens (tertiary/aromatic N) is 5. The molecule has 5 rings (SSSR count). The van der Waals surface area contributed by atoms with Crippen LogP contribution in [0.1, 0.15) is 28.8 Å². The third-order valence-corrected chi connectivity index (χ3v) is 7.07. The molecule has 3 heterocycles. The van der Waals surface area contributed by atoms with E-state index in [0.717, 1.165) is 81.3 Å². The summed E-state index contributed by atoms with van der Waals surface area (Å²) in [5.74, 6) is 0.961. The predicted molar refractivity (Wildman–Crippen MR) is 139 cm³/mol. The number of carbonyl (C=O) groups excluding carboxylic acids is 1. The van der Waals surface area contributed by atoms with Crippen LogP contribution in [-0.2, 0) is 6.54 Å². The first kappa shape index (κ1) is 23.5. The lowest BCUT2D eigenvalue weighted by Gasteiger charge is -2.32. The molecule has 2 aromatic carbocycles. The van der Waals surface area contributed by atoms with Crippen LogP contribution >= 0.6 is 0 Å². The topological polar surface area (TPSA) is 64.6 Å². The Morgan fingerprint density at radius 2 is 1.63 bits per heavy atom. The molecular formula is C28H34N6O. The van der Waals surface area contributed by atoms with Crippen LogP contribution in [0.5, 0.6) is 0 Å². The van der Waals surface area contributed by atoms with Gasteiger partial charge in [0, 0.05) is 69.0 Å². The van der Waals surface area contributed by atoms with Crippen molar-refractivity contribution in [3.05, 3.63) is 78.1 Å². The second kappa shape index (κ2) is 11.0. The summed E-state index contributed by atoms with van der Waals surface area (Å²) in [7, 11) is 2.09. The summed E-state index contributed by atoms with van der Waals surface area (Å²) >= 11 is 0. The molecule has 1 amide bonds. The molecule has 0 radical (unpaired) electrons. The number of hydrogen-bond donors (Lipinski definition) is 1. The summed E-state index contributed by atoms with van der Waals surface area (Å²) in [6, 6.07) is 20.9. The van der Waals surface area contributed by atoms with Crippen LogP contribution in [-0.4, -0.2) is 82.9 Å². The normalized spacial score (nSPS) is 17.9. The summed E-state index contributed by atoms with van der Waals surface area (Å²) < 4.78 is 0. The minimum absolute atomic E-state index is 0.105. The summed E-state index contributed by atoms with van der Waals surface area (Å²) in [6.07, 6.45) is 3.80. The van der Waals surface area contributed by atoms with Crippen molar-refractivity contribution in [2.75, 3.05) is 51.6 Å².